The fourth-order valence-electron chi connectivity index (χ4n) is 2.36. The van der Waals surface area contributed by atoms with E-state index in [9.17, 15) is 14.3 Å². The Hall–Kier alpha value is -1.46. The molecule has 19 heavy (non-hydrogen) atoms. The highest BCUT2D eigenvalue weighted by Gasteiger charge is 2.23. The van der Waals surface area contributed by atoms with E-state index >= 15 is 0 Å². The van der Waals surface area contributed by atoms with Gasteiger partial charge in [0.25, 0.3) is 5.91 Å². The minimum atomic E-state index is -0.302. The molecular formula is C14H14FNO2S. The van der Waals surface area contributed by atoms with Crippen LogP contribution in [0.3, 0.4) is 0 Å². The van der Waals surface area contributed by atoms with Crippen molar-refractivity contribution < 1.29 is 14.3 Å². The lowest BCUT2D eigenvalue weighted by Crippen LogP contribution is -2.39. The van der Waals surface area contributed by atoms with Crippen molar-refractivity contribution in [3.8, 4) is 0 Å². The van der Waals surface area contributed by atoms with Crippen molar-refractivity contribution in [2.75, 3.05) is 13.1 Å². The van der Waals surface area contributed by atoms with Gasteiger partial charge in [-0.2, -0.15) is 0 Å². The Morgan fingerprint density at radius 1 is 1.37 bits per heavy atom. The third-order valence-electron chi connectivity index (χ3n) is 3.47. The maximum absolute atomic E-state index is 13.6. The minimum absolute atomic E-state index is 0.0625. The van der Waals surface area contributed by atoms with Gasteiger partial charge in [0, 0.05) is 23.2 Å². The standard InChI is InChI=1S/C14H14FNO2S/c15-11-2-1-3-12-10(11)8-13(19-12)14(18)16-6-4-9(17)5-7-16/h1-3,8-9,17H,4-7H2. The molecule has 1 N–H and O–H groups in total. The second kappa shape index (κ2) is 4.90. The first-order chi connectivity index (χ1) is 9.15. The summed E-state index contributed by atoms with van der Waals surface area (Å²) >= 11 is 1.32. The number of aliphatic hydroxyl groups is 1. The van der Waals surface area contributed by atoms with Crippen molar-refractivity contribution in [2.45, 2.75) is 18.9 Å². The molecule has 0 unspecified atom stereocenters. The molecule has 0 atom stereocenters. The number of hydrogen-bond acceptors (Lipinski definition) is 3. The summed E-state index contributed by atoms with van der Waals surface area (Å²) in [7, 11) is 0. The van der Waals surface area contributed by atoms with Crippen LogP contribution in [0.15, 0.2) is 24.3 Å². The zero-order valence-corrected chi connectivity index (χ0v) is 11.1. The van der Waals surface area contributed by atoms with E-state index in [-0.39, 0.29) is 17.8 Å². The summed E-state index contributed by atoms with van der Waals surface area (Å²) in [4.78, 5) is 14.6. The SMILES string of the molecule is O=C(c1cc2c(F)cccc2s1)N1CCC(O)CC1. The van der Waals surface area contributed by atoms with Gasteiger partial charge in [-0.15, -0.1) is 11.3 Å². The van der Waals surface area contributed by atoms with Gasteiger partial charge in [-0.1, -0.05) is 6.07 Å². The minimum Gasteiger partial charge on any atom is -0.393 e. The number of likely N-dealkylation sites (tertiary alicyclic amines) is 1. The first-order valence-electron chi connectivity index (χ1n) is 6.30. The highest BCUT2D eigenvalue weighted by molar-refractivity contribution is 7.20. The van der Waals surface area contributed by atoms with Gasteiger partial charge in [-0.05, 0) is 31.0 Å². The lowest BCUT2D eigenvalue weighted by atomic mass is 10.1. The zero-order valence-electron chi connectivity index (χ0n) is 10.3. The number of hydrogen-bond donors (Lipinski definition) is 1. The predicted molar refractivity (Wildman–Crippen MR) is 72.9 cm³/mol. The molecule has 1 fully saturated rings. The van der Waals surface area contributed by atoms with Gasteiger partial charge in [0.15, 0.2) is 0 Å². The molecule has 100 valence electrons. The van der Waals surface area contributed by atoms with Gasteiger partial charge in [0.2, 0.25) is 0 Å². The van der Waals surface area contributed by atoms with Crippen molar-refractivity contribution in [3.05, 3.63) is 35.0 Å². The number of piperidine rings is 1. The van der Waals surface area contributed by atoms with E-state index in [0.717, 1.165) is 4.70 Å². The maximum atomic E-state index is 13.6. The van der Waals surface area contributed by atoms with Crippen LogP contribution in [-0.2, 0) is 0 Å². The van der Waals surface area contributed by atoms with Crippen LogP contribution in [0.25, 0.3) is 10.1 Å². The van der Waals surface area contributed by atoms with Crippen LogP contribution in [0.2, 0.25) is 0 Å². The van der Waals surface area contributed by atoms with Gasteiger partial charge < -0.3 is 10.0 Å². The van der Waals surface area contributed by atoms with Gasteiger partial charge in [-0.25, -0.2) is 4.39 Å². The van der Waals surface area contributed by atoms with E-state index in [0.29, 0.717) is 36.2 Å². The van der Waals surface area contributed by atoms with Crippen molar-refractivity contribution in [2.24, 2.45) is 0 Å². The second-order valence-electron chi connectivity index (χ2n) is 4.79. The largest absolute Gasteiger partial charge is 0.393 e. The molecule has 0 saturated carbocycles. The van der Waals surface area contributed by atoms with E-state index in [1.54, 1.807) is 17.0 Å². The molecule has 3 rings (SSSR count). The molecule has 1 saturated heterocycles. The van der Waals surface area contributed by atoms with E-state index in [1.165, 1.54) is 17.4 Å². The molecule has 1 aromatic heterocycles. The molecule has 1 amide bonds. The number of aliphatic hydroxyl groups excluding tert-OH is 1. The van der Waals surface area contributed by atoms with Gasteiger partial charge >= 0.3 is 0 Å². The third kappa shape index (κ3) is 2.35. The molecular weight excluding hydrogens is 265 g/mol. The number of nitrogens with zero attached hydrogens (tertiary/aromatic N) is 1. The number of thiophene rings is 1. The van der Waals surface area contributed by atoms with Crippen molar-refractivity contribution in [3.63, 3.8) is 0 Å². The Morgan fingerprint density at radius 3 is 2.79 bits per heavy atom. The summed E-state index contributed by atoms with van der Waals surface area (Å²) in [6.45, 7) is 1.13. The Labute approximate surface area is 114 Å². The number of carbonyl (C=O) groups excluding carboxylic acids is 1. The van der Waals surface area contributed by atoms with Crippen LogP contribution < -0.4 is 0 Å². The second-order valence-corrected chi connectivity index (χ2v) is 5.87. The lowest BCUT2D eigenvalue weighted by Gasteiger charge is -2.29. The fourth-order valence-corrected chi connectivity index (χ4v) is 3.40. The monoisotopic (exact) mass is 279 g/mol. The zero-order chi connectivity index (χ0) is 13.4. The summed E-state index contributed by atoms with van der Waals surface area (Å²) in [5.74, 6) is -0.352. The highest BCUT2D eigenvalue weighted by atomic mass is 32.1. The van der Waals surface area contributed by atoms with E-state index in [2.05, 4.69) is 0 Å². The molecule has 3 nitrogen and oxygen atoms in total. The average Bonchev–Trinajstić information content (AvgIpc) is 2.84. The molecule has 2 aromatic rings. The molecule has 1 aromatic carbocycles. The van der Waals surface area contributed by atoms with Crippen molar-refractivity contribution in [1.82, 2.24) is 4.90 Å². The first kappa shape index (κ1) is 12.6. The lowest BCUT2D eigenvalue weighted by molar-refractivity contribution is 0.0551. The van der Waals surface area contributed by atoms with Gasteiger partial charge in [0.05, 0.1) is 11.0 Å². The normalized spacial score (nSPS) is 17.1. The smallest absolute Gasteiger partial charge is 0.263 e. The van der Waals surface area contributed by atoms with Crippen LogP contribution in [0.4, 0.5) is 4.39 Å². The highest BCUT2D eigenvalue weighted by Crippen LogP contribution is 2.29. The Kier molecular flexibility index (Phi) is 3.24. The first-order valence-corrected chi connectivity index (χ1v) is 7.12. The molecule has 1 aliphatic heterocycles. The molecule has 0 bridgehead atoms. The summed E-state index contributed by atoms with van der Waals surface area (Å²) in [6.07, 6.45) is 0.930. The number of fused-ring (bicyclic) bond motifs is 1. The number of rotatable bonds is 1. The molecule has 2 heterocycles. The number of amides is 1. The van der Waals surface area contributed by atoms with E-state index in [4.69, 9.17) is 0 Å². The number of carbonyl (C=O) groups is 1. The van der Waals surface area contributed by atoms with Gasteiger partial charge in [0.1, 0.15) is 5.82 Å². The number of halogens is 1. The quantitative estimate of drug-likeness (QED) is 0.871. The van der Waals surface area contributed by atoms with Crippen LogP contribution in [-0.4, -0.2) is 35.1 Å². The predicted octanol–water partition coefficient (Wildman–Crippen LogP) is 2.64. The Balaban J connectivity index is 1.87. The van der Waals surface area contributed by atoms with E-state index < -0.39 is 0 Å². The number of benzene rings is 1. The Morgan fingerprint density at radius 2 is 2.11 bits per heavy atom. The summed E-state index contributed by atoms with van der Waals surface area (Å²) < 4.78 is 14.4. The molecule has 0 radical (unpaired) electrons. The fraction of sp³-hybridized carbons (Fsp3) is 0.357. The van der Waals surface area contributed by atoms with E-state index in [1.807, 2.05) is 6.07 Å². The van der Waals surface area contributed by atoms with Crippen LogP contribution >= 0.6 is 11.3 Å². The summed E-state index contributed by atoms with van der Waals surface area (Å²) in [5.41, 5.74) is 0. The average molecular weight is 279 g/mol. The summed E-state index contributed by atoms with van der Waals surface area (Å²) in [5, 5.41) is 9.95. The Bertz CT molecular complexity index is 617. The topological polar surface area (TPSA) is 40.5 Å². The summed E-state index contributed by atoms with van der Waals surface area (Å²) in [6, 6.07) is 6.50. The van der Waals surface area contributed by atoms with Crippen molar-refractivity contribution >= 4 is 27.3 Å². The molecule has 5 heteroatoms. The van der Waals surface area contributed by atoms with Gasteiger partial charge in [-0.3, -0.25) is 4.79 Å². The molecule has 0 spiro atoms. The maximum Gasteiger partial charge on any atom is 0.263 e. The molecule has 0 aliphatic carbocycles. The van der Waals surface area contributed by atoms with Crippen LogP contribution in [0.1, 0.15) is 22.5 Å². The van der Waals surface area contributed by atoms with Crippen molar-refractivity contribution in [1.29, 1.82) is 0 Å². The van der Waals surface area contributed by atoms with Crippen LogP contribution in [0.5, 0.6) is 0 Å². The molecule has 1 aliphatic rings. The third-order valence-corrected chi connectivity index (χ3v) is 4.56. The van der Waals surface area contributed by atoms with Crippen LogP contribution in [0, 0.1) is 5.82 Å².